The second-order valence-corrected chi connectivity index (χ2v) is 11.2. The maximum atomic E-state index is 14.1. The molecule has 6 heteroatoms. The van der Waals surface area contributed by atoms with Gasteiger partial charge in [0, 0.05) is 40.1 Å². The molecule has 0 saturated heterocycles. The van der Waals surface area contributed by atoms with Crippen molar-refractivity contribution in [3.05, 3.63) is 87.5 Å². The lowest BCUT2D eigenvalue weighted by molar-refractivity contribution is 0.0606. The molecule has 2 aromatic carbocycles. The van der Waals surface area contributed by atoms with Crippen LogP contribution < -0.4 is 5.32 Å². The molecule has 0 spiro atoms. The molecular formula is C30H32ClN3OS. The predicted molar refractivity (Wildman–Crippen MR) is 151 cm³/mol. The van der Waals surface area contributed by atoms with Crippen LogP contribution in [0.3, 0.4) is 0 Å². The van der Waals surface area contributed by atoms with Gasteiger partial charge in [-0.2, -0.15) is 0 Å². The van der Waals surface area contributed by atoms with Crippen molar-refractivity contribution in [2.75, 3.05) is 7.05 Å². The Morgan fingerprint density at radius 2 is 1.72 bits per heavy atom. The smallest absolute Gasteiger partial charge is 0.266 e. The monoisotopic (exact) mass is 517 g/mol. The highest BCUT2D eigenvalue weighted by molar-refractivity contribution is 7.21. The maximum absolute atomic E-state index is 14.1. The van der Waals surface area contributed by atoms with Crippen molar-refractivity contribution < 1.29 is 4.79 Å². The van der Waals surface area contributed by atoms with Crippen LogP contribution in [-0.2, 0) is 6.54 Å². The number of nitrogens with one attached hydrogen (secondary N) is 1. The number of hydrogen-bond acceptors (Lipinski definition) is 4. The molecular weight excluding hydrogens is 486 g/mol. The number of halogens is 1. The van der Waals surface area contributed by atoms with Crippen molar-refractivity contribution >= 4 is 38.9 Å². The molecule has 36 heavy (non-hydrogen) atoms. The molecule has 186 valence electrons. The fraction of sp³-hybridized carbons (Fsp3) is 0.333. The molecule has 1 N–H and O–H groups in total. The Morgan fingerprint density at radius 3 is 2.42 bits per heavy atom. The first-order valence-electron chi connectivity index (χ1n) is 12.6. The van der Waals surface area contributed by atoms with Gasteiger partial charge in [0.15, 0.2) is 0 Å². The number of aromatic nitrogens is 1. The molecule has 1 fully saturated rings. The van der Waals surface area contributed by atoms with E-state index in [1.165, 1.54) is 11.3 Å². The maximum Gasteiger partial charge on any atom is 0.266 e. The van der Waals surface area contributed by atoms with Crippen LogP contribution in [0.4, 0.5) is 0 Å². The summed E-state index contributed by atoms with van der Waals surface area (Å²) in [6, 6.07) is 21.5. The molecule has 5 rings (SSSR count). The van der Waals surface area contributed by atoms with Crippen LogP contribution in [0.2, 0.25) is 5.02 Å². The molecule has 2 aromatic heterocycles. The van der Waals surface area contributed by atoms with E-state index in [-0.39, 0.29) is 11.9 Å². The third-order valence-corrected chi connectivity index (χ3v) is 8.89. The number of fused-ring (bicyclic) bond motifs is 1. The highest BCUT2D eigenvalue weighted by Gasteiger charge is 2.31. The summed E-state index contributed by atoms with van der Waals surface area (Å²) >= 11 is 8.27. The lowest BCUT2D eigenvalue weighted by Gasteiger charge is -2.37. The largest absolute Gasteiger partial charge is 0.331 e. The Morgan fingerprint density at radius 1 is 1.00 bits per heavy atom. The molecule has 1 saturated carbocycles. The third-order valence-electron chi connectivity index (χ3n) is 7.23. The van der Waals surface area contributed by atoms with Gasteiger partial charge in [0.2, 0.25) is 0 Å². The van der Waals surface area contributed by atoms with E-state index in [1.807, 2.05) is 45.2 Å². The van der Waals surface area contributed by atoms with E-state index in [1.54, 1.807) is 0 Å². The van der Waals surface area contributed by atoms with Crippen LogP contribution in [-0.4, -0.2) is 34.9 Å². The zero-order valence-electron chi connectivity index (χ0n) is 21.1. The first-order valence-corrected chi connectivity index (χ1v) is 13.8. The lowest BCUT2D eigenvalue weighted by Crippen LogP contribution is -2.44. The van der Waals surface area contributed by atoms with Gasteiger partial charge < -0.3 is 10.2 Å². The number of rotatable bonds is 6. The summed E-state index contributed by atoms with van der Waals surface area (Å²) in [7, 11) is 2.03. The summed E-state index contributed by atoms with van der Waals surface area (Å²) in [5.41, 5.74) is 5.44. The molecule has 1 amide bonds. The SMILES string of the molecule is CN[C@H]1CC[C@H](N(Cc2cccc(-c3cc(C)nc(C)c3)c2)C(=O)c2sc3ccccc3c2Cl)CC1. The average Bonchev–Trinajstić information content (AvgIpc) is 3.23. The van der Waals surface area contributed by atoms with Crippen LogP contribution in [0.5, 0.6) is 0 Å². The van der Waals surface area contributed by atoms with E-state index in [2.05, 4.69) is 51.6 Å². The third kappa shape index (κ3) is 5.19. The quantitative estimate of drug-likeness (QED) is 0.289. The van der Waals surface area contributed by atoms with Gasteiger partial charge >= 0.3 is 0 Å². The minimum Gasteiger partial charge on any atom is -0.331 e. The molecule has 0 aliphatic heterocycles. The van der Waals surface area contributed by atoms with E-state index in [4.69, 9.17) is 11.6 Å². The van der Waals surface area contributed by atoms with Gasteiger partial charge in [-0.1, -0.05) is 48.0 Å². The number of amides is 1. The summed E-state index contributed by atoms with van der Waals surface area (Å²) < 4.78 is 1.05. The first kappa shape index (κ1) is 24.9. The number of carbonyl (C=O) groups is 1. The first-order chi connectivity index (χ1) is 17.4. The summed E-state index contributed by atoms with van der Waals surface area (Å²) in [4.78, 5) is 21.3. The zero-order valence-corrected chi connectivity index (χ0v) is 22.6. The minimum atomic E-state index is 0.0371. The van der Waals surface area contributed by atoms with Crippen LogP contribution in [0.15, 0.2) is 60.7 Å². The van der Waals surface area contributed by atoms with Gasteiger partial charge in [-0.05, 0) is 87.5 Å². The van der Waals surface area contributed by atoms with Crippen molar-refractivity contribution in [1.82, 2.24) is 15.2 Å². The van der Waals surface area contributed by atoms with Crippen LogP contribution in [0.1, 0.15) is 52.3 Å². The number of pyridine rings is 1. The molecule has 0 radical (unpaired) electrons. The van der Waals surface area contributed by atoms with Gasteiger partial charge in [-0.3, -0.25) is 9.78 Å². The van der Waals surface area contributed by atoms with E-state index < -0.39 is 0 Å². The van der Waals surface area contributed by atoms with Gasteiger partial charge in [-0.25, -0.2) is 0 Å². The molecule has 1 aliphatic carbocycles. The Kier molecular flexibility index (Phi) is 7.42. The van der Waals surface area contributed by atoms with Gasteiger partial charge in [0.25, 0.3) is 5.91 Å². The normalized spacial score (nSPS) is 17.9. The summed E-state index contributed by atoms with van der Waals surface area (Å²) in [6.45, 7) is 4.61. The fourth-order valence-electron chi connectivity index (χ4n) is 5.37. The van der Waals surface area contributed by atoms with Crippen molar-refractivity contribution in [3.63, 3.8) is 0 Å². The number of hydrogen-bond donors (Lipinski definition) is 1. The van der Waals surface area contributed by atoms with Crippen LogP contribution in [0.25, 0.3) is 21.2 Å². The van der Waals surface area contributed by atoms with E-state index in [9.17, 15) is 4.79 Å². The fourth-order valence-corrected chi connectivity index (χ4v) is 6.84. The highest BCUT2D eigenvalue weighted by atomic mass is 35.5. The zero-order chi connectivity index (χ0) is 25.2. The summed E-state index contributed by atoms with van der Waals surface area (Å²) in [6.07, 6.45) is 4.12. The summed E-state index contributed by atoms with van der Waals surface area (Å²) in [5, 5.41) is 4.94. The van der Waals surface area contributed by atoms with Crippen LogP contribution in [0, 0.1) is 13.8 Å². The number of thiophene rings is 1. The molecule has 4 aromatic rings. The number of carbonyl (C=O) groups excluding carboxylic acids is 1. The van der Waals surface area contributed by atoms with E-state index in [0.717, 1.165) is 63.8 Å². The Hall–Kier alpha value is -2.73. The molecule has 0 bridgehead atoms. The Balaban J connectivity index is 1.48. The molecule has 2 heterocycles. The lowest BCUT2D eigenvalue weighted by atomic mass is 9.89. The molecule has 1 aliphatic rings. The number of aryl methyl sites for hydroxylation is 2. The van der Waals surface area contributed by atoms with E-state index >= 15 is 0 Å². The minimum absolute atomic E-state index is 0.0371. The van der Waals surface area contributed by atoms with Gasteiger partial charge in [0.05, 0.1) is 5.02 Å². The van der Waals surface area contributed by atoms with Gasteiger partial charge in [-0.15, -0.1) is 11.3 Å². The van der Waals surface area contributed by atoms with Crippen molar-refractivity contribution in [1.29, 1.82) is 0 Å². The molecule has 0 atom stereocenters. The predicted octanol–water partition coefficient (Wildman–Crippen LogP) is 7.41. The standard InChI is InChI=1S/C30H32ClN3OS/c1-19-15-23(16-20(2)33-19)22-8-6-7-21(17-22)18-34(25-13-11-24(32-3)12-14-25)30(35)29-28(31)26-9-4-5-10-27(26)36-29/h4-10,15-17,24-25,32H,11-14,18H2,1-3H3/t24-,25-. The summed E-state index contributed by atoms with van der Waals surface area (Å²) in [5.74, 6) is 0.0371. The second-order valence-electron chi connectivity index (χ2n) is 9.81. The Bertz CT molecular complexity index is 1370. The van der Waals surface area contributed by atoms with Gasteiger partial charge in [0.1, 0.15) is 4.88 Å². The molecule has 0 unspecified atom stereocenters. The Labute approximate surface area is 222 Å². The molecule has 4 nitrogen and oxygen atoms in total. The number of nitrogens with zero attached hydrogens (tertiary/aromatic N) is 2. The number of benzene rings is 2. The topological polar surface area (TPSA) is 45.2 Å². The van der Waals surface area contributed by atoms with E-state index in [0.29, 0.717) is 22.5 Å². The van der Waals surface area contributed by atoms with Crippen molar-refractivity contribution in [2.45, 2.75) is 58.2 Å². The second kappa shape index (κ2) is 10.7. The van der Waals surface area contributed by atoms with Crippen molar-refractivity contribution in [3.8, 4) is 11.1 Å². The average molecular weight is 518 g/mol. The van der Waals surface area contributed by atoms with Crippen LogP contribution >= 0.6 is 22.9 Å². The van der Waals surface area contributed by atoms with Crippen molar-refractivity contribution in [2.24, 2.45) is 0 Å². The highest BCUT2D eigenvalue weighted by Crippen LogP contribution is 2.37.